The van der Waals surface area contributed by atoms with Crippen LogP contribution in [0, 0.1) is 0 Å². The van der Waals surface area contributed by atoms with Crippen molar-refractivity contribution in [1.29, 1.82) is 0 Å². The summed E-state index contributed by atoms with van der Waals surface area (Å²) in [6, 6.07) is 8.50. The van der Waals surface area contributed by atoms with E-state index in [1.54, 1.807) is 0 Å². The van der Waals surface area contributed by atoms with Crippen LogP contribution in [0.1, 0.15) is 23.6 Å². The Bertz CT molecular complexity index is 635. The summed E-state index contributed by atoms with van der Waals surface area (Å²) < 4.78 is 0. The van der Waals surface area contributed by atoms with Crippen molar-refractivity contribution in [2.24, 2.45) is 0 Å². The molecule has 3 aliphatic rings. The van der Waals surface area contributed by atoms with Gasteiger partial charge in [-0.3, -0.25) is 9.59 Å². The number of hydrogen-bond donors (Lipinski definition) is 0. The molecule has 0 unspecified atom stereocenters. The van der Waals surface area contributed by atoms with Crippen molar-refractivity contribution in [3.63, 3.8) is 0 Å². The summed E-state index contributed by atoms with van der Waals surface area (Å²) in [4.78, 5) is 26.3. The Labute approximate surface area is 115 Å². The predicted molar refractivity (Wildman–Crippen MR) is 73.7 cm³/mol. The van der Waals surface area contributed by atoms with Crippen molar-refractivity contribution in [3.05, 3.63) is 46.7 Å². The van der Waals surface area contributed by atoms with Crippen LogP contribution in [0.2, 0.25) is 0 Å². The monoisotopic (exact) mass is 271 g/mol. The standard InChI is InChI=1S/C15H13NO2S/c17-13-7-11-10-4-2-1-3-9(10)5-6-16(11)12-8-19-15(18)14(12)13/h1-4,11H,5-8H2/t11-/m1/s1. The van der Waals surface area contributed by atoms with Gasteiger partial charge in [0.15, 0.2) is 5.78 Å². The van der Waals surface area contributed by atoms with Crippen molar-refractivity contribution in [2.45, 2.75) is 18.9 Å². The smallest absolute Gasteiger partial charge is 0.225 e. The number of fused-ring (bicyclic) bond motifs is 4. The fraction of sp³-hybridized carbons (Fsp3) is 0.333. The molecule has 0 saturated carbocycles. The van der Waals surface area contributed by atoms with Gasteiger partial charge in [0.25, 0.3) is 0 Å². The molecule has 3 aliphatic heterocycles. The van der Waals surface area contributed by atoms with Crippen molar-refractivity contribution >= 4 is 22.7 Å². The normalized spacial score (nSPS) is 25.3. The molecular weight excluding hydrogens is 258 g/mol. The molecule has 0 aromatic heterocycles. The molecule has 0 radical (unpaired) electrons. The maximum Gasteiger partial charge on any atom is 0.225 e. The highest BCUT2D eigenvalue weighted by Gasteiger charge is 2.42. The number of nitrogens with zero attached hydrogens (tertiary/aromatic N) is 1. The number of thioether (sulfide) groups is 1. The summed E-state index contributed by atoms with van der Waals surface area (Å²) in [5.74, 6) is 0.696. The molecule has 0 bridgehead atoms. The van der Waals surface area contributed by atoms with E-state index in [1.807, 2.05) is 6.07 Å². The van der Waals surface area contributed by atoms with Crippen molar-refractivity contribution in [1.82, 2.24) is 4.90 Å². The van der Waals surface area contributed by atoms with Gasteiger partial charge in [-0.1, -0.05) is 36.0 Å². The third-order valence-electron chi connectivity index (χ3n) is 4.25. The largest absolute Gasteiger partial charge is 0.366 e. The molecule has 0 aliphatic carbocycles. The van der Waals surface area contributed by atoms with Crippen LogP contribution < -0.4 is 0 Å². The van der Waals surface area contributed by atoms with Gasteiger partial charge >= 0.3 is 0 Å². The van der Waals surface area contributed by atoms with Crippen LogP contribution in [-0.2, 0) is 16.0 Å². The number of hydrogen-bond acceptors (Lipinski definition) is 4. The molecule has 1 aromatic carbocycles. The van der Waals surface area contributed by atoms with Crippen molar-refractivity contribution < 1.29 is 9.59 Å². The Morgan fingerprint density at radius 1 is 1.21 bits per heavy atom. The molecule has 0 spiro atoms. The molecule has 0 N–H and O–H groups in total. The zero-order valence-electron chi connectivity index (χ0n) is 10.4. The van der Waals surface area contributed by atoms with Gasteiger partial charge in [0.2, 0.25) is 5.12 Å². The highest BCUT2D eigenvalue weighted by molar-refractivity contribution is 8.14. The van der Waals surface area contributed by atoms with E-state index in [1.165, 1.54) is 22.9 Å². The van der Waals surface area contributed by atoms with E-state index in [-0.39, 0.29) is 16.9 Å². The van der Waals surface area contributed by atoms with E-state index in [9.17, 15) is 9.59 Å². The lowest BCUT2D eigenvalue weighted by Gasteiger charge is -2.42. The Morgan fingerprint density at radius 3 is 2.95 bits per heavy atom. The molecule has 4 heteroatoms. The minimum Gasteiger partial charge on any atom is -0.366 e. The van der Waals surface area contributed by atoms with E-state index in [0.717, 1.165) is 18.7 Å². The Balaban J connectivity index is 1.84. The van der Waals surface area contributed by atoms with E-state index in [0.29, 0.717) is 17.7 Å². The van der Waals surface area contributed by atoms with Crippen LogP contribution in [0.3, 0.4) is 0 Å². The van der Waals surface area contributed by atoms with E-state index < -0.39 is 0 Å². The molecule has 3 nitrogen and oxygen atoms in total. The van der Waals surface area contributed by atoms with Gasteiger partial charge in [0.05, 0.1) is 11.6 Å². The minimum atomic E-state index is -0.0303. The molecule has 0 amide bonds. The predicted octanol–water partition coefficient (Wildman–Crippen LogP) is 2.09. The number of carbonyl (C=O) groups is 2. The highest BCUT2D eigenvalue weighted by Crippen LogP contribution is 2.44. The van der Waals surface area contributed by atoms with Gasteiger partial charge < -0.3 is 4.90 Å². The average molecular weight is 271 g/mol. The van der Waals surface area contributed by atoms with E-state index in [2.05, 4.69) is 23.1 Å². The summed E-state index contributed by atoms with van der Waals surface area (Å²) in [5.41, 5.74) is 4.06. The quantitative estimate of drug-likeness (QED) is 0.677. The molecule has 19 heavy (non-hydrogen) atoms. The van der Waals surface area contributed by atoms with Gasteiger partial charge in [-0.15, -0.1) is 0 Å². The number of carbonyl (C=O) groups excluding carboxylic acids is 2. The molecule has 0 saturated heterocycles. The molecule has 1 aromatic rings. The second-order valence-electron chi connectivity index (χ2n) is 5.18. The number of benzene rings is 1. The zero-order valence-corrected chi connectivity index (χ0v) is 11.2. The average Bonchev–Trinajstić information content (AvgIpc) is 2.82. The molecule has 4 rings (SSSR count). The van der Waals surface area contributed by atoms with Gasteiger partial charge in [-0.05, 0) is 17.5 Å². The second-order valence-corrected chi connectivity index (χ2v) is 6.13. The van der Waals surface area contributed by atoms with Crippen molar-refractivity contribution in [3.8, 4) is 0 Å². The van der Waals surface area contributed by atoms with E-state index in [4.69, 9.17) is 0 Å². The van der Waals surface area contributed by atoms with Gasteiger partial charge in [-0.2, -0.15) is 0 Å². The highest BCUT2D eigenvalue weighted by atomic mass is 32.2. The third kappa shape index (κ3) is 1.53. The zero-order chi connectivity index (χ0) is 13.0. The van der Waals surface area contributed by atoms with Gasteiger partial charge in [0.1, 0.15) is 0 Å². The lowest BCUT2D eigenvalue weighted by atomic mass is 9.85. The number of rotatable bonds is 0. The van der Waals surface area contributed by atoms with Crippen LogP contribution in [-0.4, -0.2) is 28.1 Å². The van der Waals surface area contributed by atoms with Crippen molar-refractivity contribution in [2.75, 3.05) is 12.3 Å². The fourth-order valence-electron chi connectivity index (χ4n) is 3.37. The fourth-order valence-corrected chi connectivity index (χ4v) is 4.32. The molecule has 0 fully saturated rings. The lowest BCUT2D eigenvalue weighted by Crippen LogP contribution is -2.40. The molecule has 1 atom stereocenters. The Kier molecular flexibility index (Phi) is 2.36. The SMILES string of the molecule is O=C1C[C@@H]2c3ccccc3CCN2C2=C1C(=O)SC2. The second kappa shape index (κ2) is 3.97. The van der Waals surface area contributed by atoms with E-state index >= 15 is 0 Å². The number of Topliss-reactive ketones (excluding diaryl/α,β-unsaturated/α-hetero) is 1. The Hall–Kier alpha value is -1.55. The summed E-state index contributed by atoms with van der Waals surface area (Å²) >= 11 is 1.27. The first kappa shape index (κ1) is 11.3. The Morgan fingerprint density at radius 2 is 2.05 bits per heavy atom. The summed E-state index contributed by atoms with van der Waals surface area (Å²) in [7, 11) is 0. The topological polar surface area (TPSA) is 37.4 Å². The molecule has 3 heterocycles. The number of ketones is 1. The van der Waals surface area contributed by atoms with Crippen LogP contribution in [0.4, 0.5) is 0 Å². The molecular formula is C15H13NO2S. The maximum atomic E-state index is 12.2. The first-order valence-corrected chi connectivity index (χ1v) is 7.52. The summed E-state index contributed by atoms with van der Waals surface area (Å²) in [5, 5.41) is -0.0303. The van der Waals surface area contributed by atoms with Crippen LogP contribution >= 0.6 is 11.8 Å². The minimum absolute atomic E-state index is 0.0303. The summed E-state index contributed by atoms with van der Waals surface area (Å²) in [6.45, 7) is 0.918. The lowest BCUT2D eigenvalue weighted by molar-refractivity contribution is -0.120. The van der Waals surface area contributed by atoms with Crippen LogP contribution in [0.15, 0.2) is 35.5 Å². The van der Waals surface area contributed by atoms with Crippen LogP contribution in [0.5, 0.6) is 0 Å². The summed E-state index contributed by atoms with van der Waals surface area (Å²) in [6.07, 6.45) is 1.44. The van der Waals surface area contributed by atoms with Crippen LogP contribution in [0.25, 0.3) is 0 Å². The third-order valence-corrected chi connectivity index (χ3v) is 5.13. The first-order valence-electron chi connectivity index (χ1n) is 6.53. The molecule has 96 valence electrons. The van der Waals surface area contributed by atoms with Gasteiger partial charge in [0, 0.05) is 24.4 Å². The van der Waals surface area contributed by atoms with Gasteiger partial charge in [-0.25, -0.2) is 0 Å². The maximum absolute atomic E-state index is 12.2. The first-order chi connectivity index (χ1) is 9.25.